The van der Waals surface area contributed by atoms with E-state index in [9.17, 15) is 19.5 Å². The number of carbonyl (C=O) groups excluding carboxylic acids is 2. The van der Waals surface area contributed by atoms with Crippen LogP contribution in [0.5, 0.6) is 0 Å². The van der Waals surface area contributed by atoms with E-state index in [0.717, 1.165) is 22.3 Å². The Morgan fingerprint density at radius 3 is 2.20 bits per heavy atom. The monoisotopic (exact) mass is 494 g/mol. The van der Waals surface area contributed by atoms with Crippen molar-refractivity contribution in [3.8, 4) is 11.1 Å². The second kappa shape index (κ2) is 10.3. The first-order chi connectivity index (χ1) is 16.8. The van der Waals surface area contributed by atoms with Gasteiger partial charge in [0.25, 0.3) is 0 Å². The molecule has 2 aromatic carbocycles. The van der Waals surface area contributed by atoms with Gasteiger partial charge in [-0.3, -0.25) is 4.79 Å². The molecule has 1 heterocycles. The molecule has 0 aliphatic heterocycles. The molecule has 182 valence electrons. The summed E-state index contributed by atoms with van der Waals surface area (Å²) in [7, 11) is 1.39. The first-order valence-corrected chi connectivity index (χ1v) is 11.9. The highest BCUT2D eigenvalue weighted by Crippen LogP contribution is 2.44. The molecule has 8 nitrogen and oxygen atoms in total. The van der Waals surface area contributed by atoms with E-state index in [0.29, 0.717) is 4.88 Å². The number of fused-ring (bicyclic) bond motifs is 3. The lowest BCUT2D eigenvalue weighted by Crippen LogP contribution is -2.60. The maximum atomic E-state index is 13.1. The average molecular weight is 495 g/mol. The lowest BCUT2D eigenvalue weighted by Gasteiger charge is -2.30. The SMILES string of the molecule is COCC(C)(NC(=O)OCC1c2ccccc2-c2ccccc21)C(=O)NC(C(=O)O)c1cccs1. The second-order valence-corrected chi connectivity index (χ2v) is 9.46. The van der Waals surface area contributed by atoms with E-state index < -0.39 is 29.6 Å². The lowest BCUT2D eigenvalue weighted by atomic mass is 9.98. The van der Waals surface area contributed by atoms with Gasteiger partial charge in [-0.05, 0) is 40.6 Å². The molecular formula is C26H26N2O6S. The molecule has 2 amide bonds. The molecule has 1 aliphatic carbocycles. The predicted molar refractivity (Wildman–Crippen MR) is 131 cm³/mol. The molecule has 1 aromatic heterocycles. The average Bonchev–Trinajstić information content (AvgIpc) is 3.47. The Labute approximate surface area is 206 Å². The Morgan fingerprint density at radius 2 is 1.66 bits per heavy atom. The third-order valence-corrected chi connectivity index (χ3v) is 6.94. The number of amides is 2. The second-order valence-electron chi connectivity index (χ2n) is 8.48. The van der Waals surface area contributed by atoms with Crippen molar-refractivity contribution in [1.29, 1.82) is 0 Å². The van der Waals surface area contributed by atoms with Crippen molar-refractivity contribution in [1.82, 2.24) is 10.6 Å². The summed E-state index contributed by atoms with van der Waals surface area (Å²) in [6, 6.07) is 18.0. The molecule has 0 spiro atoms. The van der Waals surface area contributed by atoms with Gasteiger partial charge in [-0.2, -0.15) is 0 Å². The smallest absolute Gasteiger partial charge is 0.408 e. The summed E-state index contributed by atoms with van der Waals surface area (Å²) in [6.07, 6.45) is -0.801. The minimum Gasteiger partial charge on any atom is -0.479 e. The largest absolute Gasteiger partial charge is 0.479 e. The van der Waals surface area contributed by atoms with Gasteiger partial charge in [-0.25, -0.2) is 9.59 Å². The van der Waals surface area contributed by atoms with Crippen LogP contribution >= 0.6 is 11.3 Å². The Morgan fingerprint density at radius 1 is 1.03 bits per heavy atom. The van der Waals surface area contributed by atoms with E-state index in [1.807, 2.05) is 48.5 Å². The van der Waals surface area contributed by atoms with Crippen molar-refractivity contribution in [3.05, 3.63) is 82.0 Å². The van der Waals surface area contributed by atoms with Crippen molar-refractivity contribution in [3.63, 3.8) is 0 Å². The maximum Gasteiger partial charge on any atom is 0.408 e. The molecule has 0 saturated carbocycles. The standard InChI is InChI=1S/C26H26N2O6S/c1-26(15-33-2,24(31)27-22(23(29)30)21-12-7-13-35-21)28-25(32)34-14-20-18-10-5-3-8-16(18)17-9-4-6-11-19(17)20/h3-13,20,22H,14-15H2,1-2H3,(H,27,31)(H,28,32)(H,29,30). The van der Waals surface area contributed by atoms with Crippen LogP contribution in [0, 0.1) is 0 Å². The summed E-state index contributed by atoms with van der Waals surface area (Å²) in [6.45, 7) is 1.36. The van der Waals surface area contributed by atoms with Gasteiger partial charge in [0.05, 0.1) is 6.61 Å². The minimum atomic E-state index is -1.55. The number of aliphatic carboxylic acids is 1. The van der Waals surface area contributed by atoms with Gasteiger partial charge < -0.3 is 25.2 Å². The number of thiophene rings is 1. The van der Waals surface area contributed by atoms with E-state index in [1.165, 1.54) is 25.4 Å². The lowest BCUT2D eigenvalue weighted by molar-refractivity contribution is -0.143. The zero-order valence-electron chi connectivity index (χ0n) is 19.3. The summed E-state index contributed by atoms with van der Waals surface area (Å²) < 4.78 is 10.7. The van der Waals surface area contributed by atoms with Crippen molar-refractivity contribution in [2.75, 3.05) is 20.3 Å². The number of benzene rings is 2. The molecule has 0 fully saturated rings. The van der Waals surface area contributed by atoms with Gasteiger partial charge in [-0.15, -0.1) is 11.3 Å². The molecule has 3 N–H and O–H groups in total. The molecule has 1 aliphatic rings. The fourth-order valence-corrected chi connectivity index (χ4v) is 5.07. The topological polar surface area (TPSA) is 114 Å². The molecule has 0 bridgehead atoms. The fraction of sp³-hybridized carbons (Fsp3) is 0.269. The van der Waals surface area contributed by atoms with Gasteiger partial charge in [0.15, 0.2) is 6.04 Å². The fourth-order valence-electron chi connectivity index (χ4n) is 4.31. The number of ether oxygens (including phenoxy) is 2. The summed E-state index contributed by atoms with van der Waals surface area (Å²) in [5, 5.41) is 16.4. The molecule has 35 heavy (non-hydrogen) atoms. The van der Waals surface area contributed by atoms with Crippen LogP contribution in [0.25, 0.3) is 11.1 Å². The Hall–Kier alpha value is -3.69. The summed E-state index contributed by atoms with van der Waals surface area (Å²) in [4.78, 5) is 38.1. The number of carboxylic acid groups (broad SMARTS) is 1. The molecule has 2 atom stereocenters. The number of nitrogens with one attached hydrogen (secondary N) is 2. The normalized spacial score (nSPS) is 14.8. The van der Waals surface area contributed by atoms with E-state index >= 15 is 0 Å². The maximum absolute atomic E-state index is 13.1. The molecular weight excluding hydrogens is 468 g/mol. The van der Waals surface area contributed by atoms with Crippen LogP contribution in [-0.2, 0) is 19.1 Å². The Balaban J connectivity index is 1.45. The zero-order chi connectivity index (χ0) is 25.0. The molecule has 3 aromatic rings. The first-order valence-electron chi connectivity index (χ1n) is 11.0. The Kier molecular flexibility index (Phi) is 7.18. The Bertz CT molecular complexity index is 1180. The van der Waals surface area contributed by atoms with Crippen LogP contribution < -0.4 is 10.6 Å². The summed E-state index contributed by atoms with van der Waals surface area (Å²) in [5.41, 5.74) is 2.80. The number of hydrogen-bond acceptors (Lipinski definition) is 6. The number of carboxylic acids is 1. The van der Waals surface area contributed by atoms with Crippen LogP contribution in [0.15, 0.2) is 66.0 Å². The molecule has 4 rings (SSSR count). The van der Waals surface area contributed by atoms with Crippen molar-refractivity contribution in [2.45, 2.75) is 24.4 Å². The van der Waals surface area contributed by atoms with Gasteiger partial charge in [0.2, 0.25) is 5.91 Å². The van der Waals surface area contributed by atoms with E-state index in [4.69, 9.17) is 9.47 Å². The number of alkyl carbamates (subject to hydrolysis) is 1. The van der Waals surface area contributed by atoms with Gasteiger partial charge in [0, 0.05) is 17.9 Å². The van der Waals surface area contributed by atoms with Crippen LogP contribution in [0.4, 0.5) is 4.79 Å². The molecule has 9 heteroatoms. The molecule has 0 saturated heterocycles. The third kappa shape index (κ3) is 5.06. The van der Waals surface area contributed by atoms with E-state index in [1.54, 1.807) is 17.5 Å². The zero-order valence-corrected chi connectivity index (χ0v) is 20.1. The molecule has 0 radical (unpaired) electrons. The highest BCUT2D eigenvalue weighted by atomic mass is 32.1. The van der Waals surface area contributed by atoms with Crippen LogP contribution in [-0.4, -0.2) is 48.9 Å². The van der Waals surface area contributed by atoms with Crippen molar-refractivity contribution in [2.24, 2.45) is 0 Å². The third-order valence-electron chi connectivity index (χ3n) is 6.01. The number of hydrogen-bond donors (Lipinski definition) is 3. The van der Waals surface area contributed by atoms with Crippen LogP contribution in [0.1, 0.15) is 34.9 Å². The van der Waals surface area contributed by atoms with Crippen LogP contribution in [0.3, 0.4) is 0 Å². The summed E-state index contributed by atoms with van der Waals surface area (Å²) >= 11 is 1.21. The number of rotatable bonds is 9. The molecule has 2 unspecified atom stereocenters. The predicted octanol–water partition coefficient (Wildman–Crippen LogP) is 3.93. The van der Waals surface area contributed by atoms with Crippen LogP contribution in [0.2, 0.25) is 0 Å². The van der Waals surface area contributed by atoms with Gasteiger partial charge in [-0.1, -0.05) is 54.6 Å². The van der Waals surface area contributed by atoms with E-state index in [-0.39, 0.29) is 19.1 Å². The minimum absolute atomic E-state index is 0.0808. The van der Waals surface area contributed by atoms with Gasteiger partial charge in [0.1, 0.15) is 12.1 Å². The first kappa shape index (κ1) is 24.4. The summed E-state index contributed by atoms with van der Waals surface area (Å²) in [5.74, 6) is -2.04. The van der Waals surface area contributed by atoms with E-state index in [2.05, 4.69) is 10.6 Å². The highest BCUT2D eigenvalue weighted by Gasteiger charge is 2.39. The van der Waals surface area contributed by atoms with Crippen molar-refractivity contribution < 1.29 is 29.0 Å². The number of methoxy groups -OCH3 is 1. The highest BCUT2D eigenvalue weighted by molar-refractivity contribution is 7.10. The number of carbonyl (C=O) groups is 3. The quantitative estimate of drug-likeness (QED) is 0.415. The van der Waals surface area contributed by atoms with Crippen molar-refractivity contribution >= 4 is 29.3 Å². The van der Waals surface area contributed by atoms with Gasteiger partial charge >= 0.3 is 12.1 Å².